The van der Waals surface area contributed by atoms with Crippen LogP contribution < -0.4 is 10.6 Å². The molecule has 12 nitrogen and oxygen atoms in total. The molecule has 0 aliphatic carbocycles. The number of amides is 2. The summed E-state index contributed by atoms with van der Waals surface area (Å²) in [5, 5.41) is 7.61. The SMILES string of the molecule is C.C.C[Si](C)(C)CCS(=O)(=O)F.C[Si](C)(C)CCS(=O)(=O)n1cc(CCNC(=O)OCc2ccccc2)c2ccccc21.O=C(NCCc1c[nH]c2ccccc12)OCc1ccccc1.S.S=S. The van der Waals surface area contributed by atoms with Crippen LogP contribution in [0.2, 0.25) is 51.4 Å². The van der Waals surface area contributed by atoms with Crippen molar-refractivity contribution in [2.75, 3.05) is 24.6 Å². The number of benzene rings is 4. The zero-order chi connectivity index (χ0) is 48.1. The number of aromatic nitrogens is 2. The third kappa shape index (κ3) is 24.2. The summed E-state index contributed by atoms with van der Waals surface area (Å²) in [6, 6.07) is 36.0. The van der Waals surface area contributed by atoms with Crippen molar-refractivity contribution in [3.8, 4) is 0 Å². The number of carbonyl (C=O) groups excluding carboxylic acids is 2. The van der Waals surface area contributed by atoms with Crippen molar-refractivity contribution in [3.05, 3.63) is 144 Å². The Bertz CT molecular complexity index is 2620. The number of para-hydroxylation sites is 2. The second-order valence-corrected chi connectivity index (χ2v) is 32.2. The maximum absolute atomic E-state index is 13.0. The Morgan fingerprint density at radius 1 is 0.632 bits per heavy atom. The average molecular weight is 1070 g/mol. The number of ether oxygens (including phenoxy) is 2. The van der Waals surface area contributed by atoms with E-state index >= 15 is 0 Å². The molecule has 0 aliphatic rings. The Kier molecular flexibility index (Phi) is 28.9. The number of fused-ring (bicyclic) bond motifs is 2. The second kappa shape index (κ2) is 30.9. The van der Waals surface area contributed by atoms with Crippen LogP contribution in [0.25, 0.3) is 21.8 Å². The third-order valence-corrected chi connectivity index (χ3v) is 16.2. The molecule has 0 unspecified atom stereocenters. The lowest BCUT2D eigenvalue weighted by molar-refractivity contribution is 0.139. The summed E-state index contributed by atoms with van der Waals surface area (Å²) in [5.74, 6) is -0.159. The van der Waals surface area contributed by atoms with Crippen LogP contribution in [0.1, 0.15) is 37.1 Å². The molecule has 0 spiro atoms. The van der Waals surface area contributed by atoms with Crippen LogP contribution in [-0.2, 0) is 78.2 Å². The standard InChI is InChI=1S/C23H30N2O4SSi.C18H18N2O2.C5H13FO2SSi.2CH4.S2.H2S/c1-31(2,3)16-15-30(27,28)25-17-20(21-11-7-8-12-22(21)25)13-14-24-23(26)29-18-19-9-5-4-6-10-19;21-18(22-13-14-6-2-1-3-7-14)19-11-10-15-12-20-17-9-5-4-8-16(15)17;1-10(2,3)5-4-9(6,7)8;;;1-2;/h4-12,17H,13-16,18H2,1-3H3,(H,24,26);1-9,12,20H,10-11,13H2,(H,19,21);4-5H2,1-3H3;2*1H4;;1H2. The van der Waals surface area contributed by atoms with Gasteiger partial charge in [-0.2, -0.15) is 21.9 Å². The maximum atomic E-state index is 13.0. The van der Waals surface area contributed by atoms with Crippen molar-refractivity contribution < 1.29 is 39.8 Å². The lowest BCUT2D eigenvalue weighted by Gasteiger charge is -2.16. The van der Waals surface area contributed by atoms with E-state index in [1.54, 1.807) is 6.20 Å². The first-order valence-electron chi connectivity index (χ1n) is 21.0. The van der Waals surface area contributed by atoms with Crippen molar-refractivity contribution in [1.82, 2.24) is 19.6 Å². The van der Waals surface area contributed by atoms with E-state index in [0.717, 1.165) is 34.0 Å². The van der Waals surface area contributed by atoms with Gasteiger partial charge in [0.1, 0.15) is 13.2 Å². The fourth-order valence-electron chi connectivity index (χ4n) is 6.09. The molecule has 6 rings (SSSR count). The molecule has 20 heteroatoms. The molecule has 0 radical (unpaired) electrons. The summed E-state index contributed by atoms with van der Waals surface area (Å²) < 4.78 is 69.8. The van der Waals surface area contributed by atoms with Crippen molar-refractivity contribution in [2.24, 2.45) is 0 Å². The smallest absolute Gasteiger partial charge is 0.407 e. The highest BCUT2D eigenvalue weighted by Gasteiger charge is 2.23. The van der Waals surface area contributed by atoms with Gasteiger partial charge < -0.3 is 25.1 Å². The molecule has 6 aromatic rings. The molecule has 2 amide bonds. The number of rotatable bonds is 17. The van der Waals surface area contributed by atoms with Gasteiger partial charge in [0, 0.05) is 80.3 Å². The Balaban J connectivity index is 0.00000106. The van der Waals surface area contributed by atoms with E-state index in [1.165, 1.54) is 14.9 Å². The van der Waals surface area contributed by atoms with Gasteiger partial charge in [-0.15, -0.1) is 3.89 Å². The summed E-state index contributed by atoms with van der Waals surface area (Å²) in [7, 11) is -10.5. The summed E-state index contributed by atoms with van der Waals surface area (Å²) in [6.45, 7) is 14.0. The quantitative estimate of drug-likeness (QED) is 0.0591. The first-order valence-corrected chi connectivity index (χ1v) is 33.0. The number of hydrogen-bond acceptors (Lipinski definition) is 10. The summed E-state index contributed by atoms with van der Waals surface area (Å²) >= 11 is 7.33. The number of H-pyrrole nitrogens is 1. The molecule has 0 fully saturated rings. The number of halogens is 1. The number of nitrogens with zero attached hydrogens (tertiary/aromatic N) is 1. The number of carbonyl (C=O) groups is 2. The fraction of sp³-hybridized carbons (Fsp3) is 0.375. The van der Waals surface area contributed by atoms with Crippen LogP contribution in [0.15, 0.2) is 122 Å². The molecule has 3 N–H and O–H groups in total. The van der Waals surface area contributed by atoms with E-state index in [9.17, 15) is 30.3 Å². The first kappa shape index (κ1) is 63.6. The van der Waals surface area contributed by atoms with Crippen molar-refractivity contribution >= 4 is 106 Å². The van der Waals surface area contributed by atoms with Gasteiger partial charge in [0.15, 0.2) is 0 Å². The van der Waals surface area contributed by atoms with Gasteiger partial charge in [-0.25, -0.2) is 22.0 Å². The summed E-state index contributed by atoms with van der Waals surface area (Å²) in [5.41, 5.74) is 5.77. The van der Waals surface area contributed by atoms with Gasteiger partial charge in [-0.1, -0.05) is 151 Å². The average Bonchev–Trinajstić information content (AvgIpc) is 3.87. The lowest BCUT2D eigenvalue weighted by atomic mass is 10.1. The van der Waals surface area contributed by atoms with Crippen LogP contribution >= 0.6 is 13.5 Å². The van der Waals surface area contributed by atoms with Gasteiger partial charge in [-0.3, -0.25) is 0 Å². The largest absolute Gasteiger partial charge is 0.445 e. The number of nitrogens with one attached hydrogen (secondary N) is 3. The predicted molar refractivity (Wildman–Crippen MR) is 296 cm³/mol. The zero-order valence-corrected chi connectivity index (χ0v) is 44.6. The van der Waals surface area contributed by atoms with E-state index in [-0.39, 0.29) is 52.6 Å². The minimum Gasteiger partial charge on any atom is -0.445 e. The molecule has 2 aromatic heterocycles. The molecular formula is C48H71FN4O8S5Si2. The number of aromatic amines is 1. The van der Waals surface area contributed by atoms with Crippen LogP contribution in [-0.4, -0.2) is 78.7 Å². The van der Waals surface area contributed by atoms with Gasteiger partial charge in [0.2, 0.25) is 10.0 Å². The van der Waals surface area contributed by atoms with Crippen LogP contribution in [0, 0.1) is 0 Å². The molecule has 4 aromatic carbocycles. The molecule has 0 saturated heterocycles. The minimum atomic E-state index is -4.22. The monoisotopic (exact) mass is 1070 g/mol. The molecule has 68 heavy (non-hydrogen) atoms. The highest BCUT2D eigenvalue weighted by Crippen LogP contribution is 2.25. The molecule has 0 atom stereocenters. The van der Waals surface area contributed by atoms with E-state index in [0.29, 0.717) is 43.7 Å². The Morgan fingerprint density at radius 3 is 1.53 bits per heavy atom. The number of alkyl carbamates (subject to hydrolysis) is 2. The third-order valence-electron chi connectivity index (χ3n) is 9.69. The van der Waals surface area contributed by atoms with Crippen LogP contribution in [0.5, 0.6) is 0 Å². The van der Waals surface area contributed by atoms with E-state index < -0.39 is 42.5 Å². The molecule has 0 bridgehead atoms. The Labute approximate surface area is 423 Å². The van der Waals surface area contributed by atoms with E-state index in [1.807, 2.05) is 129 Å². The molecule has 376 valence electrons. The lowest BCUT2D eigenvalue weighted by Crippen LogP contribution is -2.26. The van der Waals surface area contributed by atoms with E-state index in [4.69, 9.17) is 9.47 Å². The minimum absolute atomic E-state index is 0. The Morgan fingerprint density at radius 2 is 1.06 bits per heavy atom. The topological polar surface area (TPSA) is 166 Å². The molecule has 0 aliphatic heterocycles. The molecular weight excluding hydrogens is 996 g/mol. The normalized spacial score (nSPS) is 11.0. The van der Waals surface area contributed by atoms with Crippen LogP contribution in [0.3, 0.4) is 0 Å². The molecule has 2 heterocycles. The Hall–Kier alpha value is -4.45. The van der Waals surface area contributed by atoms with E-state index in [2.05, 4.69) is 63.7 Å². The highest BCUT2D eigenvalue weighted by molar-refractivity contribution is 8.07. The van der Waals surface area contributed by atoms with Gasteiger partial charge in [-0.05, 0) is 59.3 Å². The summed E-state index contributed by atoms with van der Waals surface area (Å²) in [6.07, 6.45) is 4.09. The first-order chi connectivity index (χ1) is 30.7. The van der Waals surface area contributed by atoms with Gasteiger partial charge in [0.25, 0.3) is 0 Å². The fourth-order valence-corrected chi connectivity index (χ4v) is 13.9. The zero-order valence-electron chi connectivity index (χ0n) is 38.3. The van der Waals surface area contributed by atoms with Crippen molar-refractivity contribution in [1.29, 1.82) is 0 Å². The number of hydrogen-bond donors (Lipinski definition) is 3. The van der Waals surface area contributed by atoms with Gasteiger partial charge in [0.05, 0.1) is 17.0 Å². The summed E-state index contributed by atoms with van der Waals surface area (Å²) in [4.78, 5) is 26.9. The van der Waals surface area contributed by atoms with Crippen molar-refractivity contribution in [3.63, 3.8) is 0 Å². The maximum Gasteiger partial charge on any atom is 0.407 e. The molecule has 0 saturated carbocycles. The van der Waals surface area contributed by atoms with Crippen LogP contribution in [0.4, 0.5) is 13.5 Å². The second-order valence-electron chi connectivity index (χ2n) is 17.5. The predicted octanol–water partition coefficient (Wildman–Crippen LogP) is 11.3. The van der Waals surface area contributed by atoms with Crippen molar-refractivity contribution in [2.45, 2.75) is 92.3 Å². The highest BCUT2D eigenvalue weighted by atomic mass is 32.8. The van der Waals surface area contributed by atoms with Gasteiger partial charge >= 0.3 is 22.4 Å².